The van der Waals surface area contributed by atoms with E-state index in [9.17, 15) is 4.79 Å². The monoisotopic (exact) mass is 294 g/mol. The lowest BCUT2D eigenvalue weighted by Gasteiger charge is -2.12. The third-order valence-electron chi connectivity index (χ3n) is 3.85. The van der Waals surface area contributed by atoms with E-state index in [4.69, 9.17) is 9.15 Å². The van der Waals surface area contributed by atoms with Crippen molar-refractivity contribution < 1.29 is 9.15 Å². The Bertz CT molecular complexity index is 891. The van der Waals surface area contributed by atoms with Gasteiger partial charge in [0.1, 0.15) is 5.58 Å². The molecule has 0 aliphatic rings. The molecule has 0 atom stereocenters. The van der Waals surface area contributed by atoms with Crippen LogP contribution in [-0.2, 0) is 11.3 Å². The number of methoxy groups -OCH3 is 1. The van der Waals surface area contributed by atoms with E-state index in [1.807, 2.05) is 44.2 Å². The summed E-state index contributed by atoms with van der Waals surface area (Å²) in [5, 5.41) is 0.980. The summed E-state index contributed by atoms with van der Waals surface area (Å²) in [6, 6.07) is 13.6. The molecule has 3 aromatic rings. The highest BCUT2D eigenvalue weighted by Gasteiger charge is 2.13. The summed E-state index contributed by atoms with van der Waals surface area (Å²) in [5.41, 5.74) is 5.46. The number of benzene rings is 2. The zero-order valence-electron chi connectivity index (χ0n) is 13.0. The Kier molecular flexibility index (Phi) is 3.82. The molecule has 0 fully saturated rings. The molecule has 3 rings (SSSR count). The van der Waals surface area contributed by atoms with Gasteiger partial charge >= 0.3 is 5.63 Å². The molecule has 0 aliphatic carbocycles. The minimum atomic E-state index is -0.334. The van der Waals surface area contributed by atoms with Crippen LogP contribution < -0.4 is 5.63 Å². The van der Waals surface area contributed by atoms with Crippen LogP contribution >= 0.6 is 0 Å². The Balaban J connectivity index is 2.36. The topological polar surface area (TPSA) is 39.4 Å². The predicted molar refractivity (Wildman–Crippen MR) is 88.1 cm³/mol. The molecule has 0 unspecified atom stereocenters. The molecule has 0 saturated heterocycles. The van der Waals surface area contributed by atoms with Crippen molar-refractivity contribution >= 4 is 11.0 Å². The van der Waals surface area contributed by atoms with E-state index in [1.54, 1.807) is 13.2 Å². The molecule has 3 heteroatoms. The van der Waals surface area contributed by atoms with Crippen molar-refractivity contribution in [2.24, 2.45) is 0 Å². The fourth-order valence-corrected chi connectivity index (χ4v) is 2.92. The standard InChI is InChI=1S/C19H18O3/c1-12-6-4-5-7-15(12)16-10-18(20)22-17-9-14(11-21-3)8-13(2)19(16)17/h4-10H,11H2,1-3H3. The van der Waals surface area contributed by atoms with Crippen LogP contribution in [0, 0.1) is 13.8 Å². The van der Waals surface area contributed by atoms with Gasteiger partial charge < -0.3 is 9.15 Å². The van der Waals surface area contributed by atoms with Crippen molar-refractivity contribution in [3.05, 3.63) is 69.6 Å². The molecule has 0 bridgehead atoms. The fraction of sp³-hybridized carbons (Fsp3) is 0.211. The molecule has 0 N–H and O–H groups in total. The Labute approximate surface area is 129 Å². The molecule has 22 heavy (non-hydrogen) atoms. The van der Waals surface area contributed by atoms with Crippen molar-refractivity contribution in [3.8, 4) is 11.1 Å². The van der Waals surface area contributed by atoms with Crippen molar-refractivity contribution in [2.75, 3.05) is 7.11 Å². The van der Waals surface area contributed by atoms with Gasteiger partial charge in [-0.15, -0.1) is 0 Å². The Hall–Kier alpha value is -2.39. The Morgan fingerprint density at radius 1 is 1.00 bits per heavy atom. The summed E-state index contributed by atoms with van der Waals surface area (Å²) in [6.07, 6.45) is 0. The van der Waals surface area contributed by atoms with Gasteiger partial charge in [0.25, 0.3) is 0 Å². The van der Waals surface area contributed by atoms with Crippen LogP contribution in [0.15, 0.2) is 51.7 Å². The quantitative estimate of drug-likeness (QED) is 0.679. The normalized spacial score (nSPS) is 11.0. The lowest BCUT2D eigenvalue weighted by atomic mass is 9.95. The van der Waals surface area contributed by atoms with Gasteiger partial charge in [-0.1, -0.05) is 30.3 Å². The summed E-state index contributed by atoms with van der Waals surface area (Å²) < 4.78 is 10.6. The Morgan fingerprint density at radius 2 is 1.77 bits per heavy atom. The first-order chi connectivity index (χ1) is 10.6. The van der Waals surface area contributed by atoms with E-state index in [0.717, 1.165) is 33.2 Å². The molecule has 0 spiro atoms. The lowest BCUT2D eigenvalue weighted by Crippen LogP contribution is -2.01. The van der Waals surface area contributed by atoms with Gasteiger partial charge in [-0.2, -0.15) is 0 Å². The van der Waals surface area contributed by atoms with Crippen LogP contribution in [0.1, 0.15) is 16.7 Å². The number of ether oxygens (including phenoxy) is 1. The second kappa shape index (κ2) is 5.78. The van der Waals surface area contributed by atoms with Gasteiger partial charge in [-0.3, -0.25) is 0 Å². The van der Waals surface area contributed by atoms with E-state index in [1.165, 1.54) is 0 Å². The zero-order valence-corrected chi connectivity index (χ0v) is 13.0. The minimum Gasteiger partial charge on any atom is -0.423 e. The van der Waals surface area contributed by atoms with Gasteiger partial charge in [0, 0.05) is 24.1 Å². The molecular formula is C19H18O3. The highest BCUT2D eigenvalue weighted by Crippen LogP contribution is 2.32. The van der Waals surface area contributed by atoms with Gasteiger partial charge in [-0.05, 0) is 42.2 Å². The molecule has 0 saturated carbocycles. The molecule has 0 radical (unpaired) electrons. The van der Waals surface area contributed by atoms with E-state index in [-0.39, 0.29) is 5.63 Å². The highest BCUT2D eigenvalue weighted by molar-refractivity contribution is 5.96. The van der Waals surface area contributed by atoms with Crippen LogP contribution in [-0.4, -0.2) is 7.11 Å². The molecule has 112 valence electrons. The molecule has 0 amide bonds. The number of aryl methyl sites for hydroxylation is 2. The maximum absolute atomic E-state index is 12.0. The lowest BCUT2D eigenvalue weighted by molar-refractivity contribution is 0.185. The fourth-order valence-electron chi connectivity index (χ4n) is 2.92. The van der Waals surface area contributed by atoms with E-state index < -0.39 is 0 Å². The number of rotatable bonds is 3. The first-order valence-corrected chi connectivity index (χ1v) is 7.22. The summed E-state index contributed by atoms with van der Waals surface area (Å²) in [5.74, 6) is 0. The maximum atomic E-state index is 12.0. The number of hydrogen-bond donors (Lipinski definition) is 0. The average molecular weight is 294 g/mol. The second-order valence-electron chi connectivity index (χ2n) is 5.51. The van der Waals surface area contributed by atoms with E-state index >= 15 is 0 Å². The van der Waals surface area contributed by atoms with Crippen LogP contribution in [0.2, 0.25) is 0 Å². The largest absolute Gasteiger partial charge is 0.423 e. The number of fused-ring (bicyclic) bond motifs is 1. The predicted octanol–water partition coefficient (Wildman–Crippen LogP) is 4.22. The Morgan fingerprint density at radius 3 is 2.50 bits per heavy atom. The summed E-state index contributed by atoms with van der Waals surface area (Å²) in [6.45, 7) is 4.57. The second-order valence-corrected chi connectivity index (χ2v) is 5.51. The van der Waals surface area contributed by atoms with Gasteiger partial charge in [0.2, 0.25) is 0 Å². The zero-order chi connectivity index (χ0) is 15.7. The van der Waals surface area contributed by atoms with Crippen LogP contribution in [0.25, 0.3) is 22.1 Å². The third kappa shape index (κ3) is 2.55. The first kappa shape index (κ1) is 14.5. The maximum Gasteiger partial charge on any atom is 0.336 e. The first-order valence-electron chi connectivity index (χ1n) is 7.22. The molecule has 1 heterocycles. The van der Waals surface area contributed by atoms with E-state index in [0.29, 0.717) is 12.2 Å². The van der Waals surface area contributed by atoms with E-state index in [2.05, 4.69) is 6.07 Å². The van der Waals surface area contributed by atoms with Gasteiger partial charge in [0.15, 0.2) is 0 Å². The van der Waals surface area contributed by atoms with Crippen molar-refractivity contribution in [3.63, 3.8) is 0 Å². The highest BCUT2D eigenvalue weighted by atomic mass is 16.5. The van der Waals surface area contributed by atoms with Crippen LogP contribution in [0.5, 0.6) is 0 Å². The van der Waals surface area contributed by atoms with Crippen molar-refractivity contribution in [2.45, 2.75) is 20.5 Å². The van der Waals surface area contributed by atoms with Crippen LogP contribution in [0.4, 0.5) is 0 Å². The van der Waals surface area contributed by atoms with Crippen LogP contribution in [0.3, 0.4) is 0 Å². The molecule has 3 nitrogen and oxygen atoms in total. The molecule has 1 aromatic heterocycles. The van der Waals surface area contributed by atoms with Gasteiger partial charge in [-0.25, -0.2) is 4.79 Å². The summed E-state index contributed by atoms with van der Waals surface area (Å²) in [4.78, 5) is 12.0. The number of hydrogen-bond acceptors (Lipinski definition) is 3. The summed E-state index contributed by atoms with van der Waals surface area (Å²) >= 11 is 0. The minimum absolute atomic E-state index is 0.334. The van der Waals surface area contributed by atoms with Crippen molar-refractivity contribution in [1.82, 2.24) is 0 Å². The van der Waals surface area contributed by atoms with Crippen molar-refractivity contribution in [1.29, 1.82) is 0 Å². The molecule has 0 aliphatic heterocycles. The molecule has 2 aromatic carbocycles. The average Bonchev–Trinajstić information content (AvgIpc) is 2.46. The SMILES string of the molecule is COCc1cc(C)c2c(-c3ccccc3C)cc(=O)oc2c1. The smallest absolute Gasteiger partial charge is 0.336 e. The third-order valence-corrected chi connectivity index (χ3v) is 3.85. The van der Waals surface area contributed by atoms with Gasteiger partial charge in [0.05, 0.1) is 6.61 Å². The summed E-state index contributed by atoms with van der Waals surface area (Å²) in [7, 11) is 1.65. The molecular weight excluding hydrogens is 276 g/mol.